The summed E-state index contributed by atoms with van der Waals surface area (Å²) in [6.45, 7) is 0. The summed E-state index contributed by atoms with van der Waals surface area (Å²) in [5.74, 6) is 3.04. The summed E-state index contributed by atoms with van der Waals surface area (Å²) < 4.78 is 18.3. The van der Waals surface area contributed by atoms with Gasteiger partial charge in [0.25, 0.3) is 0 Å². The molecule has 8 heteroatoms. The number of aromatic nitrogens is 4. The number of hydrogen-bond donors (Lipinski definition) is 0. The summed E-state index contributed by atoms with van der Waals surface area (Å²) in [6, 6.07) is 70.6. The average Bonchev–Trinajstić information content (AvgIpc) is 4.09. The van der Waals surface area contributed by atoms with Gasteiger partial charge in [-0.15, -0.1) is 0 Å². The smallest absolute Gasteiger partial charge is 0.350 e. The van der Waals surface area contributed by atoms with Crippen LogP contribution in [0.3, 0.4) is 0 Å². The molecule has 66 heavy (non-hydrogen) atoms. The number of hydrogen-bond acceptors (Lipinski definition) is 1. The van der Waals surface area contributed by atoms with Gasteiger partial charge in [0.15, 0.2) is 28.5 Å². The lowest BCUT2D eigenvalue weighted by atomic mass is 10.1. The van der Waals surface area contributed by atoms with Gasteiger partial charge in [-0.05, 0) is 107 Å². The highest BCUT2D eigenvalue weighted by molar-refractivity contribution is 7.24. The van der Waals surface area contributed by atoms with Crippen molar-refractivity contribution in [2.45, 2.75) is 0 Å². The summed E-state index contributed by atoms with van der Waals surface area (Å²) in [7, 11) is -5.87. The van der Waals surface area contributed by atoms with E-state index in [1.165, 1.54) is 125 Å². The Morgan fingerprint density at radius 3 is 1.52 bits per heavy atom. The average molecular weight is 871 g/mol. The van der Waals surface area contributed by atoms with Crippen LogP contribution < -0.4 is 60.3 Å². The third kappa shape index (κ3) is 2.87. The maximum absolute atomic E-state index is 7.45. The van der Waals surface area contributed by atoms with E-state index < -0.39 is 16.1 Å². The fraction of sp³-hybridized carbons (Fsp3) is 0. The first-order valence-electron chi connectivity index (χ1n) is 23.1. The first-order chi connectivity index (χ1) is 32.8. The van der Waals surface area contributed by atoms with Crippen molar-refractivity contribution in [1.82, 2.24) is 13.8 Å². The molecule has 11 heterocycles. The van der Waals surface area contributed by atoms with Gasteiger partial charge in [0.1, 0.15) is 11.0 Å². The van der Waals surface area contributed by atoms with Gasteiger partial charge in [0.05, 0.1) is 10.1 Å². The number of quaternary nitrogens is 1. The highest BCUT2D eigenvalue weighted by atomic mass is 28.3. The first kappa shape index (κ1) is 32.5. The molecule has 0 radical (unpaired) electrons. The molecule has 8 aromatic carbocycles. The number of nitrogens with zero attached hydrogens (tertiary/aromatic N) is 5. The minimum Gasteiger partial charge on any atom is -0.444 e. The molecule has 0 saturated carbocycles. The van der Waals surface area contributed by atoms with E-state index in [9.17, 15) is 0 Å². The van der Waals surface area contributed by atoms with Crippen LogP contribution in [0.5, 0.6) is 11.5 Å². The van der Waals surface area contributed by atoms with Crippen LogP contribution in [0.1, 0.15) is 0 Å². The van der Waals surface area contributed by atoms with Crippen molar-refractivity contribution in [3.8, 4) is 45.3 Å². The van der Waals surface area contributed by atoms with Crippen LogP contribution in [0.25, 0.3) is 77.5 Å². The van der Waals surface area contributed by atoms with Crippen LogP contribution >= 0.6 is 0 Å². The van der Waals surface area contributed by atoms with E-state index in [0.717, 1.165) is 17.2 Å². The van der Waals surface area contributed by atoms with E-state index in [-0.39, 0.29) is 0 Å². The fourth-order valence-corrected chi connectivity index (χ4v) is 26.3. The van der Waals surface area contributed by atoms with Gasteiger partial charge < -0.3 is 4.74 Å². The van der Waals surface area contributed by atoms with E-state index >= 15 is 0 Å². The molecule has 7 aliphatic heterocycles. The molecule has 1 unspecified atom stereocenters. The SMILES string of the molecule is c1ccc2c(c1)-c1ccccc1[Si]21c2ccc[n+]3c2-n2c4c1cccc4c1ccc4c(c12)[N+]31c2c(ccc3c2-n2c5c(cccc5c5ccc[n+]1c52)[Si]31c2ccccc2-c2ccccc21)O4. The van der Waals surface area contributed by atoms with Crippen LogP contribution in [-0.4, -0.2) is 25.3 Å². The molecule has 6 nitrogen and oxygen atoms in total. The van der Waals surface area contributed by atoms with E-state index in [0.29, 0.717) is 4.70 Å². The van der Waals surface area contributed by atoms with Gasteiger partial charge in [-0.25, -0.2) is 0 Å². The normalized spacial score (nSPS) is 18.1. The highest BCUT2D eigenvalue weighted by Crippen LogP contribution is 2.60. The molecule has 0 fully saturated rings. The molecular weight excluding hydrogens is 839 g/mol. The molecule has 0 saturated heterocycles. The number of ether oxygens (including phenoxy) is 1. The summed E-state index contributed by atoms with van der Waals surface area (Å²) in [5, 5.41) is 16.8. The zero-order chi connectivity index (χ0) is 42.2. The minimum atomic E-state index is -2.94. The maximum atomic E-state index is 7.45. The molecule has 0 N–H and O–H groups in total. The van der Waals surface area contributed by atoms with Gasteiger partial charge in [-0.3, -0.25) is 0 Å². The summed E-state index contributed by atoms with van der Waals surface area (Å²) in [5.41, 5.74) is 14.1. The molecule has 300 valence electrons. The quantitative estimate of drug-likeness (QED) is 0.103. The largest absolute Gasteiger partial charge is 0.444 e. The number of benzene rings is 8. The zero-order valence-electron chi connectivity index (χ0n) is 35.1. The van der Waals surface area contributed by atoms with E-state index in [2.05, 4.69) is 213 Å². The molecule has 0 bridgehead atoms. The Balaban J connectivity index is 1.09. The van der Waals surface area contributed by atoms with Crippen molar-refractivity contribution in [1.29, 1.82) is 0 Å². The van der Waals surface area contributed by atoms with Crippen LogP contribution in [0, 0.1) is 0 Å². The standard InChI is InChI=1S/C58H32N5OSi2/c1-5-20-43-33(13-1)34-14-2-6-21-44(34)65(43)47-24-10-18-38-40-19-11-31-59-57(40)62(52(38)47)54-49(65)30-29-42-56(54)63(59)55-41(64-42)28-27-39-37-17-9-25-48-51(37)61(53(39)55)58-50(26-12-32-60(58)63)66(48)45-22-7-3-15-35(45)36-16-4-8-23-46(36)66/h1-32H/q+3. The number of pyridine rings is 2. The molecule has 7 aliphatic rings. The Bertz CT molecular complexity index is 4390. The predicted molar refractivity (Wildman–Crippen MR) is 267 cm³/mol. The van der Waals surface area contributed by atoms with Gasteiger partial charge in [0.2, 0.25) is 22.7 Å². The lowest BCUT2D eigenvalue weighted by molar-refractivity contribution is -1.03. The first-order valence-corrected chi connectivity index (χ1v) is 27.1. The second-order valence-electron chi connectivity index (χ2n) is 19.3. The molecule has 19 rings (SSSR count). The number of rotatable bonds is 0. The van der Waals surface area contributed by atoms with Gasteiger partial charge >= 0.3 is 22.8 Å². The molecular formula is C58H32N5OSi2+3. The summed E-state index contributed by atoms with van der Waals surface area (Å²) in [4.78, 5) is 0. The Kier molecular flexibility index (Phi) is 4.95. The van der Waals surface area contributed by atoms with Gasteiger partial charge in [0, 0.05) is 36.9 Å². The van der Waals surface area contributed by atoms with Crippen molar-refractivity contribution < 1.29 is 14.1 Å². The highest BCUT2D eigenvalue weighted by Gasteiger charge is 2.71. The molecule has 1 atom stereocenters. The monoisotopic (exact) mass is 870 g/mol. The Morgan fingerprint density at radius 1 is 0.364 bits per heavy atom. The fourth-order valence-electron chi connectivity index (χ4n) is 15.2. The van der Waals surface area contributed by atoms with Crippen molar-refractivity contribution in [2.24, 2.45) is 0 Å². The lowest BCUT2D eigenvalue weighted by Gasteiger charge is -2.43. The third-order valence-corrected chi connectivity index (χ3v) is 26.9. The summed E-state index contributed by atoms with van der Waals surface area (Å²) >= 11 is 0. The van der Waals surface area contributed by atoms with Crippen molar-refractivity contribution in [2.75, 3.05) is 0 Å². The second kappa shape index (κ2) is 10.0. The molecule has 12 aromatic rings. The molecule has 3 spiro atoms. The third-order valence-electron chi connectivity index (χ3n) is 17.1. The Labute approximate surface area is 378 Å². The molecule has 0 amide bonds. The topological polar surface area (TPSA) is 26.8 Å². The molecule has 0 aliphatic carbocycles. The number of fused-ring (bicyclic) bond motifs is 16. The van der Waals surface area contributed by atoms with E-state index in [1.54, 1.807) is 0 Å². The predicted octanol–water partition coefficient (Wildman–Crippen LogP) is 6.10. The summed E-state index contributed by atoms with van der Waals surface area (Å²) in [6.07, 6.45) is 4.74. The maximum Gasteiger partial charge on any atom is 0.350 e. The van der Waals surface area contributed by atoms with Gasteiger partial charge in [-0.2, -0.15) is 9.13 Å². The van der Waals surface area contributed by atoms with E-state index in [1.807, 2.05) is 0 Å². The van der Waals surface area contributed by atoms with Crippen LogP contribution in [0.2, 0.25) is 0 Å². The molecule has 4 aromatic heterocycles. The van der Waals surface area contributed by atoms with Crippen molar-refractivity contribution >= 4 is 113 Å². The van der Waals surface area contributed by atoms with Crippen molar-refractivity contribution in [3.63, 3.8) is 0 Å². The van der Waals surface area contributed by atoms with Gasteiger partial charge in [-0.1, -0.05) is 127 Å². The van der Waals surface area contributed by atoms with Crippen LogP contribution in [-0.2, 0) is 0 Å². The minimum absolute atomic E-state index is 0.310. The second-order valence-corrected chi connectivity index (χ2v) is 26.6. The van der Waals surface area contributed by atoms with E-state index in [4.69, 9.17) is 4.74 Å². The Hall–Kier alpha value is -8.15. The van der Waals surface area contributed by atoms with Crippen LogP contribution in [0.15, 0.2) is 194 Å². The lowest BCUT2D eigenvalue weighted by Crippen LogP contribution is -2.89. The Morgan fingerprint density at radius 2 is 0.848 bits per heavy atom. The number of para-hydroxylation sites is 2. The zero-order valence-corrected chi connectivity index (χ0v) is 37.1. The van der Waals surface area contributed by atoms with Crippen LogP contribution in [0.4, 0.5) is 11.4 Å². The van der Waals surface area contributed by atoms with Crippen molar-refractivity contribution in [3.05, 3.63) is 194 Å².